The van der Waals surface area contributed by atoms with Gasteiger partial charge in [-0.1, -0.05) is 31.4 Å². The molecule has 1 unspecified atom stereocenters. The SMILES string of the molecule is CC(C)N1C(=O)C2(CCCCC2)C1C(=O)NCc1ccc(N2CCN(C)CC2)cc1. The van der Waals surface area contributed by atoms with Crippen LogP contribution >= 0.6 is 0 Å². The van der Waals surface area contributed by atoms with Gasteiger partial charge in [-0.05, 0) is 51.4 Å². The number of nitrogens with one attached hydrogen (secondary N) is 1. The van der Waals surface area contributed by atoms with Crippen molar-refractivity contribution in [3.05, 3.63) is 29.8 Å². The highest BCUT2D eigenvalue weighted by Crippen LogP contribution is 2.51. The molecule has 1 aromatic carbocycles. The van der Waals surface area contributed by atoms with E-state index in [1.54, 1.807) is 4.90 Å². The Kier molecular flexibility index (Phi) is 6.05. The van der Waals surface area contributed by atoms with E-state index in [2.05, 4.69) is 46.4 Å². The Balaban J connectivity index is 1.38. The number of β-lactam (4-membered cyclic amide) rings is 1. The largest absolute Gasteiger partial charge is 0.369 e. The third-order valence-corrected chi connectivity index (χ3v) is 7.28. The fourth-order valence-corrected chi connectivity index (χ4v) is 5.45. The highest BCUT2D eigenvalue weighted by Gasteiger charge is 2.63. The van der Waals surface area contributed by atoms with Crippen LogP contribution < -0.4 is 10.2 Å². The van der Waals surface area contributed by atoms with Crippen molar-refractivity contribution in [2.45, 2.75) is 64.6 Å². The number of benzene rings is 1. The van der Waals surface area contributed by atoms with E-state index in [9.17, 15) is 9.59 Å². The lowest BCUT2D eigenvalue weighted by Crippen LogP contribution is -2.75. The molecular formula is C24H36N4O2. The number of hydrogen-bond donors (Lipinski definition) is 1. The number of piperazine rings is 1. The normalized spacial score (nSPS) is 24.3. The summed E-state index contributed by atoms with van der Waals surface area (Å²) in [6, 6.07) is 8.27. The second-order valence-electron chi connectivity index (χ2n) is 9.60. The molecule has 1 spiro atoms. The van der Waals surface area contributed by atoms with Crippen LogP contribution in [-0.2, 0) is 16.1 Å². The first kappa shape index (κ1) is 21.2. The van der Waals surface area contributed by atoms with E-state index in [1.807, 2.05) is 13.8 Å². The van der Waals surface area contributed by atoms with Gasteiger partial charge in [0.25, 0.3) is 0 Å². The number of anilines is 1. The van der Waals surface area contributed by atoms with E-state index in [0.717, 1.165) is 57.4 Å². The van der Waals surface area contributed by atoms with Crippen LogP contribution in [0.2, 0.25) is 0 Å². The maximum atomic E-state index is 13.2. The van der Waals surface area contributed by atoms with Crippen molar-refractivity contribution < 1.29 is 9.59 Å². The van der Waals surface area contributed by atoms with Gasteiger partial charge in [0.2, 0.25) is 11.8 Å². The fraction of sp³-hybridized carbons (Fsp3) is 0.667. The summed E-state index contributed by atoms with van der Waals surface area (Å²) in [4.78, 5) is 32.6. The average Bonchev–Trinajstić information content (AvgIpc) is 2.76. The van der Waals surface area contributed by atoms with Crippen LogP contribution in [0.1, 0.15) is 51.5 Å². The Morgan fingerprint density at radius 1 is 1.07 bits per heavy atom. The number of likely N-dealkylation sites (N-methyl/N-ethyl adjacent to an activating group) is 1. The lowest BCUT2D eigenvalue weighted by atomic mass is 9.61. The van der Waals surface area contributed by atoms with E-state index in [-0.39, 0.29) is 23.9 Å². The van der Waals surface area contributed by atoms with Crippen LogP contribution in [0.25, 0.3) is 0 Å². The van der Waals surface area contributed by atoms with Crippen LogP contribution in [0, 0.1) is 5.41 Å². The number of rotatable bonds is 5. The summed E-state index contributed by atoms with van der Waals surface area (Å²) in [5.41, 5.74) is 1.90. The molecule has 2 amide bonds. The van der Waals surface area contributed by atoms with Crippen LogP contribution in [0.15, 0.2) is 24.3 Å². The van der Waals surface area contributed by atoms with E-state index >= 15 is 0 Å². The molecule has 3 fully saturated rings. The van der Waals surface area contributed by atoms with Gasteiger partial charge in [0.15, 0.2) is 0 Å². The molecule has 2 saturated heterocycles. The number of carbonyl (C=O) groups excluding carboxylic acids is 2. The van der Waals surface area contributed by atoms with Crippen molar-refractivity contribution in [3.63, 3.8) is 0 Å². The fourth-order valence-electron chi connectivity index (χ4n) is 5.45. The van der Waals surface area contributed by atoms with Crippen molar-refractivity contribution >= 4 is 17.5 Å². The number of hydrogen-bond acceptors (Lipinski definition) is 4. The molecule has 0 bridgehead atoms. The molecule has 1 N–H and O–H groups in total. The van der Waals surface area contributed by atoms with E-state index in [4.69, 9.17) is 0 Å². The zero-order valence-corrected chi connectivity index (χ0v) is 18.7. The standard InChI is InChI=1S/C24H36N4O2/c1-18(2)28-21(24(23(28)30)11-5-4-6-12-24)22(29)25-17-19-7-9-20(10-8-19)27-15-13-26(3)14-16-27/h7-10,18,21H,4-6,11-17H2,1-3H3,(H,25,29). The lowest BCUT2D eigenvalue weighted by molar-refractivity contribution is -0.186. The molecule has 2 heterocycles. The summed E-state index contributed by atoms with van der Waals surface area (Å²) in [6.07, 6.45) is 4.98. The predicted octanol–water partition coefficient (Wildman–Crippen LogP) is 2.62. The number of nitrogens with zero attached hydrogens (tertiary/aromatic N) is 3. The van der Waals surface area contributed by atoms with Crippen LogP contribution in [0.3, 0.4) is 0 Å². The Morgan fingerprint density at radius 2 is 1.70 bits per heavy atom. The Morgan fingerprint density at radius 3 is 2.30 bits per heavy atom. The van der Waals surface area contributed by atoms with Gasteiger partial charge < -0.3 is 20.0 Å². The van der Waals surface area contributed by atoms with Crippen LogP contribution in [0.5, 0.6) is 0 Å². The minimum atomic E-state index is -0.447. The van der Waals surface area contributed by atoms with Crippen LogP contribution in [0.4, 0.5) is 5.69 Å². The highest BCUT2D eigenvalue weighted by molar-refractivity contribution is 6.02. The van der Waals surface area contributed by atoms with Gasteiger partial charge in [0.05, 0.1) is 5.41 Å². The molecule has 1 atom stereocenters. The Bertz CT molecular complexity index is 762. The summed E-state index contributed by atoms with van der Waals surface area (Å²) < 4.78 is 0. The van der Waals surface area contributed by atoms with Crippen molar-refractivity contribution in [1.82, 2.24) is 15.1 Å². The quantitative estimate of drug-likeness (QED) is 0.756. The first-order chi connectivity index (χ1) is 14.4. The second kappa shape index (κ2) is 8.58. The van der Waals surface area contributed by atoms with Gasteiger partial charge in [0.1, 0.15) is 6.04 Å². The molecule has 3 aliphatic rings. The molecule has 6 nitrogen and oxygen atoms in total. The van der Waals surface area contributed by atoms with Crippen molar-refractivity contribution in [1.29, 1.82) is 0 Å². The minimum Gasteiger partial charge on any atom is -0.369 e. The molecule has 0 aromatic heterocycles. The molecular weight excluding hydrogens is 376 g/mol. The lowest BCUT2D eigenvalue weighted by Gasteiger charge is -2.58. The van der Waals surface area contributed by atoms with E-state index < -0.39 is 5.41 Å². The molecule has 30 heavy (non-hydrogen) atoms. The first-order valence-electron chi connectivity index (χ1n) is 11.6. The summed E-state index contributed by atoms with van der Waals surface area (Å²) in [7, 11) is 2.16. The maximum absolute atomic E-state index is 13.2. The predicted molar refractivity (Wildman–Crippen MR) is 119 cm³/mol. The van der Waals surface area contributed by atoms with Crippen molar-refractivity contribution in [2.75, 3.05) is 38.1 Å². The summed E-state index contributed by atoms with van der Waals surface area (Å²) in [5.74, 6) is 0.197. The number of carbonyl (C=O) groups is 2. The zero-order chi connectivity index (χ0) is 21.3. The smallest absolute Gasteiger partial charge is 0.244 e. The monoisotopic (exact) mass is 412 g/mol. The van der Waals surface area contributed by atoms with Gasteiger partial charge in [-0.2, -0.15) is 0 Å². The Hall–Kier alpha value is -2.08. The molecule has 2 aliphatic heterocycles. The third-order valence-electron chi connectivity index (χ3n) is 7.28. The topological polar surface area (TPSA) is 55.9 Å². The molecule has 0 radical (unpaired) electrons. The maximum Gasteiger partial charge on any atom is 0.244 e. The molecule has 164 valence electrons. The molecule has 1 aliphatic carbocycles. The highest BCUT2D eigenvalue weighted by atomic mass is 16.2. The Labute approximate surface area is 180 Å². The minimum absolute atomic E-state index is 0.00773. The van der Waals surface area contributed by atoms with Crippen molar-refractivity contribution in [2.24, 2.45) is 5.41 Å². The number of likely N-dealkylation sites (tertiary alicyclic amines) is 1. The van der Waals surface area contributed by atoms with Gasteiger partial charge >= 0.3 is 0 Å². The molecule has 1 aromatic rings. The summed E-state index contributed by atoms with van der Waals surface area (Å²) >= 11 is 0. The summed E-state index contributed by atoms with van der Waals surface area (Å²) in [6.45, 7) is 8.80. The first-order valence-corrected chi connectivity index (χ1v) is 11.6. The van der Waals surface area contributed by atoms with E-state index in [0.29, 0.717) is 6.54 Å². The van der Waals surface area contributed by atoms with Crippen LogP contribution in [-0.4, -0.2) is 66.9 Å². The second-order valence-corrected chi connectivity index (χ2v) is 9.60. The van der Waals surface area contributed by atoms with Gasteiger partial charge in [-0.3, -0.25) is 9.59 Å². The summed E-state index contributed by atoms with van der Waals surface area (Å²) in [5, 5.41) is 3.13. The molecule has 1 saturated carbocycles. The number of amides is 2. The molecule has 6 heteroatoms. The third kappa shape index (κ3) is 3.82. The van der Waals surface area contributed by atoms with Crippen molar-refractivity contribution in [3.8, 4) is 0 Å². The zero-order valence-electron chi connectivity index (χ0n) is 18.7. The average molecular weight is 413 g/mol. The van der Waals surface area contributed by atoms with E-state index in [1.165, 1.54) is 12.1 Å². The van der Waals surface area contributed by atoms with Gasteiger partial charge in [0, 0.05) is 44.5 Å². The van der Waals surface area contributed by atoms with Gasteiger partial charge in [-0.15, -0.1) is 0 Å². The molecule has 4 rings (SSSR count). The van der Waals surface area contributed by atoms with Gasteiger partial charge in [-0.25, -0.2) is 0 Å².